The Morgan fingerprint density at radius 3 is 1.15 bits per heavy atom. The maximum absolute atomic E-state index is 6.54. The minimum absolute atomic E-state index is 0.134. The van der Waals surface area contributed by atoms with Crippen molar-refractivity contribution >= 4 is 28.6 Å². The SMILES string of the molecule is CC(C)(C)N1C=CN(C(C)(C)C)[SiH]1CC1CCCCC1.CC(C)(C)N1C=CN(C(C)(C)C)[SiH]1Cl.NC1CCCCC1. The topological polar surface area (TPSA) is 39.0 Å². The van der Waals surface area contributed by atoms with E-state index in [0.717, 1.165) is 5.92 Å². The van der Waals surface area contributed by atoms with Crippen molar-refractivity contribution in [2.75, 3.05) is 0 Å². The van der Waals surface area contributed by atoms with Crippen LogP contribution in [-0.2, 0) is 0 Å². The fourth-order valence-corrected chi connectivity index (χ4v) is 14.7. The average molecular weight is 627 g/mol. The molecule has 2 fully saturated rings. The van der Waals surface area contributed by atoms with Crippen LogP contribution in [0.1, 0.15) is 147 Å². The van der Waals surface area contributed by atoms with Gasteiger partial charge in [0.2, 0.25) is 9.12 Å². The molecule has 0 atom stereocenters. The first-order valence-corrected chi connectivity index (χ1v) is 21.3. The molecule has 0 radical (unpaired) electrons. The molecule has 0 saturated heterocycles. The maximum Gasteiger partial charge on any atom is 0.349 e. The van der Waals surface area contributed by atoms with Gasteiger partial charge in [-0.25, -0.2) is 0 Å². The summed E-state index contributed by atoms with van der Waals surface area (Å²) in [6, 6.07) is 2.00. The molecule has 41 heavy (non-hydrogen) atoms. The minimum atomic E-state index is -1.50. The molecular formula is C33H68ClN5Si2. The van der Waals surface area contributed by atoms with Crippen LogP contribution in [0.2, 0.25) is 6.04 Å². The summed E-state index contributed by atoms with van der Waals surface area (Å²) >= 11 is 6.54. The normalized spacial score (nSPS) is 22.2. The lowest BCUT2D eigenvalue weighted by Gasteiger charge is -2.46. The summed E-state index contributed by atoms with van der Waals surface area (Å²) in [5.74, 6) is 0.981. The molecule has 240 valence electrons. The zero-order valence-electron chi connectivity index (χ0n) is 29.1. The molecule has 8 heteroatoms. The Morgan fingerprint density at radius 2 is 0.878 bits per heavy atom. The van der Waals surface area contributed by atoms with Crippen LogP contribution >= 0.6 is 11.1 Å². The Labute approximate surface area is 264 Å². The highest BCUT2D eigenvalue weighted by molar-refractivity contribution is 7.04. The van der Waals surface area contributed by atoms with Gasteiger partial charge in [-0.1, -0.05) is 51.4 Å². The van der Waals surface area contributed by atoms with Gasteiger partial charge in [-0.3, -0.25) is 0 Å². The zero-order chi connectivity index (χ0) is 31.2. The van der Waals surface area contributed by atoms with Crippen LogP contribution in [0, 0.1) is 5.92 Å². The molecule has 0 amide bonds. The number of halogens is 1. The van der Waals surface area contributed by atoms with Crippen molar-refractivity contribution in [1.29, 1.82) is 0 Å². The summed E-state index contributed by atoms with van der Waals surface area (Å²) < 4.78 is 10.0. The van der Waals surface area contributed by atoms with Gasteiger partial charge in [-0.05, 0) is 108 Å². The quantitative estimate of drug-likeness (QED) is 0.246. The molecule has 2 N–H and O–H groups in total. The monoisotopic (exact) mass is 625 g/mol. The van der Waals surface area contributed by atoms with Gasteiger partial charge in [0.25, 0.3) is 0 Å². The first kappa shape index (κ1) is 36.6. The Balaban J connectivity index is 0.000000241. The van der Waals surface area contributed by atoms with Crippen molar-refractivity contribution in [2.45, 2.75) is 182 Å². The van der Waals surface area contributed by atoms with Crippen molar-refractivity contribution in [3.63, 3.8) is 0 Å². The highest BCUT2D eigenvalue weighted by Crippen LogP contribution is 2.36. The van der Waals surface area contributed by atoms with Crippen LogP contribution in [0.15, 0.2) is 24.8 Å². The summed E-state index contributed by atoms with van der Waals surface area (Å²) in [5.41, 5.74) is 6.43. The van der Waals surface area contributed by atoms with Crippen LogP contribution in [0.4, 0.5) is 0 Å². The largest absolute Gasteiger partial charge is 0.383 e. The first-order chi connectivity index (χ1) is 18.7. The van der Waals surface area contributed by atoms with Gasteiger partial charge >= 0.3 is 8.43 Å². The second-order valence-electron chi connectivity index (χ2n) is 16.8. The van der Waals surface area contributed by atoms with Gasteiger partial charge in [-0.2, -0.15) is 0 Å². The standard InChI is InChI=1S/C17H34N2Si.C10H21ClN2Si.C6H13N/c1-16(2,3)18-12-13-19(17(4,5)6)20(18)14-15-10-8-7-9-11-15;1-9(2,3)12-7-8-13(14(12)11)10(4,5)6;7-6-4-2-1-3-5-6/h12-13,15,20H,7-11,14H2,1-6H3;7-8,14H,1-6H3;6H,1-5,7H2. The van der Waals surface area contributed by atoms with Crippen molar-refractivity contribution in [3.05, 3.63) is 24.8 Å². The van der Waals surface area contributed by atoms with Crippen LogP contribution in [0.3, 0.4) is 0 Å². The number of nitrogens with two attached hydrogens (primary N) is 1. The molecule has 0 unspecified atom stereocenters. The van der Waals surface area contributed by atoms with Gasteiger partial charge in [-0.15, -0.1) is 11.1 Å². The molecule has 0 spiro atoms. The Kier molecular flexibility index (Phi) is 13.3. The Bertz CT molecular complexity index is 777. The van der Waals surface area contributed by atoms with Crippen molar-refractivity contribution in [1.82, 2.24) is 18.3 Å². The van der Waals surface area contributed by atoms with E-state index >= 15 is 0 Å². The van der Waals surface area contributed by atoms with E-state index in [0.29, 0.717) is 6.04 Å². The summed E-state index contributed by atoms with van der Waals surface area (Å²) in [6.07, 6.45) is 23.0. The molecule has 2 saturated carbocycles. The van der Waals surface area contributed by atoms with Crippen molar-refractivity contribution in [2.24, 2.45) is 11.7 Å². The molecule has 2 heterocycles. The lowest BCUT2D eigenvalue weighted by molar-refractivity contribution is 0.269. The third-order valence-electron chi connectivity index (χ3n) is 8.89. The molecule has 2 aliphatic carbocycles. The average Bonchev–Trinajstić information content (AvgIpc) is 3.45. The molecular weight excluding hydrogens is 558 g/mol. The van der Waals surface area contributed by atoms with E-state index in [1.54, 1.807) is 0 Å². The van der Waals surface area contributed by atoms with Crippen LogP contribution in [0.25, 0.3) is 0 Å². The second-order valence-corrected chi connectivity index (χ2v) is 22.3. The van der Waals surface area contributed by atoms with Crippen molar-refractivity contribution < 1.29 is 0 Å². The molecule has 2 aliphatic heterocycles. The smallest absolute Gasteiger partial charge is 0.349 e. The van der Waals surface area contributed by atoms with Gasteiger partial charge in [0.15, 0.2) is 0 Å². The van der Waals surface area contributed by atoms with E-state index in [1.807, 2.05) is 0 Å². The van der Waals surface area contributed by atoms with Gasteiger partial charge in [0, 0.05) is 53.0 Å². The molecule has 0 aromatic carbocycles. The van der Waals surface area contributed by atoms with Gasteiger partial charge in [0.1, 0.15) is 0 Å². The van der Waals surface area contributed by atoms with E-state index in [9.17, 15) is 0 Å². The van der Waals surface area contributed by atoms with Crippen LogP contribution in [0.5, 0.6) is 0 Å². The van der Waals surface area contributed by atoms with E-state index in [1.165, 1.54) is 70.3 Å². The lowest BCUT2D eigenvalue weighted by Crippen LogP contribution is -2.56. The lowest BCUT2D eigenvalue weighted by atomic mass is 9.91. The predicted molar refractivity (Wildman–Crippen MR) is 187 cm³/mol. The molecule has 5 nitrogen and oxygen atoms in total. The van der Waals surface area contributed by atoms with E-state index in [-0.39, 0.29) is 22.2 Å². The third-order valence-corrected chi connectivity index (χ3v) is 17.2. The van der Waals surface area contributed by atoms with Gasteiger partial charge in [0.05, 0.1) is 0 Å². The molecule has 0 aromatic rings. The van der Waals surface area contributed by atoms with Crippen LogP contribution < -0.4 is 5.73 Å². The summed E-state index contributed by atoms with van der Waals surface area (Å²) in [4.78, 5) is 0. The summed E-state index contributed by atoms with van der Waals surface area (Å²) in [5, 5.41) is 0. The number of hydrogen-bond acceptors (Lipinski definition) is 5. The van der Waals surface area contributed by atoms with Crippen molar-refractivity contribution in [3.8, 4) is 0 Å². The van der Waals surface area contributed by atoms with Gasteiger partial charge < -0.3 is 24.0 Å². The van der Waals surface area contributed by atoms with E-state index < -0.39 is 17.5 Å². The number of rotatable bonds is 2. The highest BCUT2D eigenvalue weighted by Gasteiger charge is 2.41. The molecule has 0 aromatic heterocycles. The number of hydrogen-bond donors (Lipinski definition) is 1. The Hall–Kier alpha value is -0.636. The fourth-order valence-electron chi connectivity index (χ4n) is 6.41. The third kappa shape index (κ3) is 11.4. The summed E-state index contributed by atoms with van der Waals surface area (Å²) in [7, 11) is -2.58. The van der Waals surface area contributed by atoms with E-state index in [2.05, 4.69) is 126 Å². The maximum atomic E-state index is 6.54. The highest BCUT2D eigenvalue weighted by atomic mass is 35.6. The van der Waals surface area contributed by atoms with Crippen LogP contribution in [-0.4, -0.2) is 64.0 Å². The molecule has 4 rings (SSSR count). The second kappa shape index (κ2) is 14.9. The first-order valence-electron chi connectivity index (χ1n) is 16.6. The predicted octanol–water partition coefficient (Wildman–Crippen LogP) is 8.38. The zero-order valence-corrected chi connectivity index (χ0v) is 32.2. The minimum Gasteiger partial charge on any atom is -0.383 e. The number of nitrogens with zero attached hydrogens (tertiary/aromatic N) is 4. The summed E-state index contributed by atoms with van der Waals surface area (Å²) in [6.45, 7) is 27.4. The Morgan fingerprint density at radius 1 is 0.561 bits per heavy atom. The fraction of sp³-hybridized carbons (Fsp3) is 0.879. The molecule has 4 aliphatic rings. The van der Waals surface area contributed by atoms with E-state index in [4.69, 9.17) is 16.8 Å². The molecule has 0 bridgehead atoms.